The molecule has 0 radical (unpaired) electrons. The third-order valence-electron chi connectivity index (χ3n) is 2.46. The van der Waals surface area contributed by atoms with Gasteiger partial charge in [-0.25, -0.2) is 4.98 Å². The summed E-state index contributed by atoms with van der Waals surface area (Å²) in [5, 5.41) is -0.630. The van der Waals surface area contributed by atoms with Crippen molar-refractivity contribution < 1.29 is 27.4 Å². The van der Waals surface area contributed by atoms with E-state index in [2.05, 4.69) is 4.98 Å². The Morgan fingerprint density at radius 1 is 1.09 bits per heavy atom. The van der Waals surface area contributed by atoms with Gasteiger partial charge in [0.1, 0.15) is 11.5 Å². The second-order valence-electron chi connectivity index (χ2n) is 4.10. The Balaban J connectivity index is 2.00. The largest absolute Gasteiger partial charge is 0.484 e. The van der Waals surface area contributed by atoms with E-state index in [9.17, 15) is 18.0 Å². The molecule has 1 heterocycles. The molecule has 22 heavy (non-hydrogen) atoms. The van der Waals surface area contributed by atoms with Crippen molar-refractivity contribution in [3.8, 4) is 17.4 Å². The average Bonchev–Trinajstić information content (AvgIpc) is 2.46. The van der Waals surface area contributed by atoms with Crippen molar-refractivity contribution in [2.24, 2.45) is 0 Å². The standard InChI is InChI=1S/C14H9ClF3NO3/c15-12(20)8-21-10-2-4-11(5-3-10)22-13-6-1-9(7-19-13)14(16,17)18/h1-7H,8H2. The maximum Gasteiger partial charge on any atom is 0.417 e. The highest BCUT2D eigenvalue weighted by Gasteiger charge is 2.30. The van der Waals surface area contributed by atoms with Crippen LogP contribution in [0.3, 0.4) is 0 Å². The van der Waals surface area contributed by atoms with Crippen LogP contribution in [0.4, 0.5) is 13.2 Å². The zero-order chi connectivity index (χ0) is 16.2. The van der Waals surface area contributed by atoms with E-state index in [1.165, 1.54) is 24.3 Å². The lowest BCUT2D eigenvalue weighted by atomic mass is 10.3. The molecule has 1 aromatic carbocycles. The molecule has 2 aromatic rings. The smallest absolute Gasteiger partial charge is 0.417 e. The molecule has 0 amide bonds. The molecule has 0 saturated heterocycles. The lowest BCUT2D eigenvalue weighted by Gasteiger charge is -2.08. The summed E-state index contributed by atoms with van der Waals surface area (Å²) in [6.07, 6.45) is -3.75. The predicted octanol–water partition coefficient (Wildman–Crippen LogP) is 4.04. The first-order valence-electron chi connectivity index (χ1n) is 5.97. The van der Waals surface area contributed by atoms with E-state index in [-0.39, 0.29) is 12.5 Å². The zero-order valence-electron chi connectivity index (χ0n) is 10.9. The molecule has 0 aliphatic rings. The van der Waals surface area contributed by atoms with E-state index in [0.29, 0.717) is 17.7 Å². The van der Waals surface area contributed by atoms with Gasteiger partial charge in [0.15, 0.2) is 6.61 Å². The highest BCUT2D eigenvalue weighted by molar-refractivity contribution is 6.63. The fourth-order valence-electron chi connectivity index (χ4n) is 1.47. The first-order valence-corrected chi connectivity index (χ1v) is 6.35. The van der Waals surface area contributed by atoms with Crippen LogP contribution in [0.5, 0.6) is 17.4 Å². The van der Waals surface area contributed by atoms with Crippen LogP contribution in [0.1, 0.15) is 5.56 Å². The highest BCUT2D eigenvalue weighted by atomic mass is 35.5. The topological polar surface area (TPSA) is 48.4 Å². The minimum absolute atomic E-state index is 0.0256. The van der Waals surface area contributed by atoms with Crippen molar-refractivity contribution in [2.75, 3.05) is 6.61 Å². The van der Waals surface area contributed by atoms with Crippen LogP contribution in [0, 0.1) is 0 Å². The molecule has 1 aromatic heterocycles. The molecule has 0 saturated carbocycles. The highest BCUT2D eigenvalue weighted by Crippen LogP contribution is 2.30. The van der Waals surface area contributed by atoms with Gasteiger partial charge in [-0.1, -0.05) is 0 Å². The number of hydrogen-bond donors (Lipinski definition) is 0. The Labute approximate surface area is 128 Å². The summed E-state index contributed by atoms with van der Waals surface area (Å²) < 4.78 is 47.5. The molecule has 0 spiro atoms. The molecule has 8 heteroatoms. The molecule has 0 N–H and O–H groups in total. The molecule has 0 atom stereocenters. The molecule has 0 unspecified atom stereocenters. The quantitative estimate of drug-likeness (QED) is 0.776. The van der Waals surface area contributed by atoms with Crippen molar-refractivity contribution >= 4 is 16.8 Å². The van der Waals surface area contributed by atoms with Crippen molar-refractivity contribution in [3.63, 3.8) is 0 Å². The molecule has 0 aliphatic heterocycles. The Morgan fingerprint density at radius 3 is 2.23 bits per heavy atom. The molecule has 2 rings (SSSR count). The Morgan fingerprint density at radius 2 is 1.73 bits per heavy atom. The van der Waals surface area contributed by atoms with Crippen LogP contribution in [-0.2, 0) is 11.0 Å². The first-order chi connectivity index (χ1) is 10.3. The number of pyridine rings is 1. The number of aromatic nitrogens is 1. The summed E-state index contributed by atoms with van der Waals surface area (Å²) in [6.45, 7) is -0.262. The number of halogens is 4. The average molecular weight is 332 g/mol. The van der Waals surface area contributed by atoms with Gasteiger partial charge in [-0.3, -0.25) is 4.79 Å². The fourth-order valence-corrected chi connectivity index (χ4v) is 1.53. The molecule has 116 valence electrons. The third-order valence-corrected chi connectivity index (χ3v) is 2.57. The van der Waals surface area contributed by atoms with Gasteiger partial charge in [-0.05, 0) is 41.9 Å². The number of benzene rings is 1. The van der Waals surface area contributed by atoms with E-state index in [4.69, 9.17) is 21.1 Å². The van der Waals surface area contributed by atoms with Crippen LogP contribution >= 0.6 is 11.6 Å². The van der Waals surface area contributed by atoms with E-state index < -0.39 is 17.0 Å². The Bertz CT molecular complexity index is 642. The summed E-state index contributed by atoms with van der Waals surface area (Å²) in [4.78, 5) is 14.1. The monoisotopic (exact) mass is 331 g/mol. The number of ether oxygens (including phenoxy) is 2. The van der Waals surface area contributed by atoms with Crippen LogP contribution in [-0.4, -0.2) is 16.8 Å². The number of carbonyl (C=O) groups excluding carboxylic acids is 1. The van der Waals surface area contributed by atoms with Crippen LogP contribution in [0.2, 0.25) is 0 Å². The van der Waals surface area contributed by atoms with E-state index >= 15 is 0 Å². The zero-order valence-corrected chi connectivity index (χ0v) is 11.7. The van der Waals surface area contributed by atoms with Crippen LogP contribution in [0.15, 0.2) is 42.6 Å². The van der Waals surface area contributed by atoms with Gasteiger partial charge in [-0.15, -0.1) is 0 Å². The van der Waals surface area contributed by atoms with Gasteiger partial charge in [-0.2, -0.15) is 13.2 Å². The van der Waals surface area contributed by atoms with E-state index in [1.54, 1.807) is 0 Å². The number of rotatable bonds is 5. The molecular formula is C14H9ClF3NO3. The first kappa shape index (κ1) is 16.1. The van der Waals surface area contributed by atoms with Gasteiger partial charge in [0, 0.05) is 12.3 Å². The van der Waals surface area contributed by atoms with E-state index in [0.717, 1.165) is 12.1 Å². The predicted molar refractivity (Wildman–Crippen MR) is 72.1 cm³/mol. The summed E-state index contributed by atoms with van der Waals surface area (Å²) in [5.74, 6) is 0.788. The summed E-state index contributed by atoms with van der Waals surface area (Å²) in [7, 11) is 0. The van der Waals surface area contributed by atoms with Gasteiger partial charge in [0.2, 0.25) is 5.88 Å². The van der Waals surface area contributed by atoms with Crippen LogP contribution < -0.4 is 9.47 Å². The SMILES string of the molecule is O=C(Cl)COc1ccc(Oc2ccc(C(F)(F)F)cn2)cc1. The van der Waals surface area contributed by atoms with Crippen molar-refractivity contribution in [2.45, 2.75) is 6.18 Å². The molecule has 0 fully saturated rings. The number of alkyl halides is 3. The number of carbonyl (C=O) groups is 1. The fraction of sp³-hybridized carbons (Fsp3) is 0.143. The van der Waals surface area contributed by atoms with Gasteiger partial charge in [0.05, 0.1) is 5.56 Å². The lowest BCUT2D eigenvalue weighted by molar-refractivity contribution is -0.137. The molecule has 4 nitrogen and oxygen atoms in total. The Hall–Kier alpha value is -2.28. The van der Waals surface area contributed by atoms with Gasteiger partial charge >= 0.3 is 6.18 Å². The van der Waals surface area contributed by atoms with E-state index in [1.807, 2.05) is 0 Å². The minimum atomic E-state index is -4.44. The number of nitrogens with zero attached hydrogens (tertiary/aromatic N) is 1. The maximum absolute atomic E-state index is 12.4. The lowest BCUT2D eigenvalue weighted by Crippen LogP contribution is -2.05. The molecule has 0 bridgehead atoms. The minimum Gasteiger partial charge on any atom is -0.484 e. The maximum atomic E-state index is 12.4. The van der Waals surface area contributed by atoms with Gasteiger partial charge < -0.3 is 9.47 Å². The summed E-state index contributed by atoms with van der Waals surface area (Å²) in [5.41, 5.74) is -0.852. The third kappa shape index (κ3) is 4.63. The van der Waals surface area contributed by atoms with Crippen molar-refractivity contribution in [1.82, 2.24) is 4.98 Å². The summed E-state index contributed by atoms with van der Waals surface area (Å²) >= 11 is 5.13. The van der Waals surface area contributed by atoms with Crippen LogP contribution in [0.25, 0.3) is 0 Å². The second kappa shape index (κ2) is 6.65. The second-order valence-corrected chi connectivity index (χ2v) is 4.52. The normalized spacial score (nSPS) is 11.1. The number of hydrogen-bond acceptors (Lipinski definition) is 4. The van der Waals surface area contributed by atoms with Gasteiger partial charge in [0.25, 0.3) is 5.24 Å². The summed E-state index contributed by atoms with van der Waals surface area (Å²) in [6, 6.07) is 8.10. The van der Waals surface area contributed by atoms with Crippen molar-refractivity contribution in [3.05, 3.63) is 48.2 Å². The van der Waals surface area contributed by atoms with Crippen molar-refractivity contribution in [1.29, 1.82) is 0 Å². The molecule has 0 aliphatic carbocycles. The Kier molecular flexibility index (Phi) is 4.87. The molecular weight excluding hydrogens is 323 g/mol.